The number of carboxylic acids is 1. The molecular weight excluding hydrogens is 564 g/mol. The van der Waals surface area contributed by atoms with Gasteiger partial charge in [0.05, 0.1) is 6.04 Å². The molecule has 2 aromatic heterocycles. The Bertz CT molecular complexity index is 1550. The summed E-state index contributed by atoms with van der Waals surface area (Å²) in [4.78, 5) is 57.5. The number of nitrogens with one attached hydrogen (secondary N) is 5. The number of carboxylic acid groups (broad SMARTS) is 1. The number of benzene rings is 2. The number of fused-ring (bicyclic) bond motifs is 2. The highest BCUT2D eigenvalue weighted by Crippen LogP contribution is 2.21. The second-order valence-electron chi connectivity index (χ2n) is 9.62. The van der Waals surface area contributed by atoms with E-state index in [4.69, 9.17) is 5.73 Å². The van der Waals surface area contributed by atoms with Gasteiger partial charge in [0.15, 0.2) is 0 Å². The number of thiol groups is 2. The molecule has 0 radical (unpaired) electrons. The summed E-state index contributed by atoms with van der Waals surface area (Å²) in [5.74, 6) is -3.14. The Labute approximate surface area is 246 Å². The van der Waals surface area contributed by atoms with Crippen molar-refractivity contribution in [3.63, 3.8) is 0 Å². The van der Waals surface area contributed by atoms with Crippen molar-refractivity contribution >= 4 is 70.8 Å². The molecule has 0 aliphatic rings. The molecule has 0 saturated heterocycles. The van der Waals surface area contributed by atoms with Crippen molar-refractivity contribution in [2.24, 2.45) is 5.73 Å². The standard InChI is InChI=1S/C28H32N6O5S2/c29-19(13-40)25(35)34-24(14-41)27(37)32-22(9-15-11-30-20-7-3-1-5-17(15)20)26(36)33-23(28(38)39)10-16-12-31-21-8-4-2-6-18(16)21/h1-8,11-12,19,22-24,30-31,40-41H,9-10,13-14,29H2,(H,32,37)(H,33,36)(H,34,35)(H,38,39). The van der Waals surface area contributed by atoms with Crippen LogP contribution in [0.25, 0.3) is 21.8 Å². The van der Waals surface area contributed by atoms with Crippen LogP contribution in [0.2, 0.25) is 0 Å². The molecule has 4 unspecified atom stereocenters. The summed E-state index contributed by atoms with van der Waals surface area (Å²) in [7, 11) is 0. The number of hydrogen-bond acceptors (Lipinski definition) is 7. The van der Waals surface area contributed by atoms with E-state index in [0.29, 0.717) is 0 Å². The van der Waals surface area contributed by atoms with Crippen LogP contribution in [0.5, 0.6) is 0 Å². The summed E-state index contributed by atoms with van der Waals surface area (Å²) in [5.41, 5.74) is 8.88. The van der Waals surface area contributed by atoms with E-state index in [0.717, 1.165) is 32.9 Å². The molecule has 4 rings (SSSR count). The zero-order valence-electron chi connectivity index (χ0n) is 22.0. The lowest BCUT2D eigenvalue weighted by Gasteiger charge is -2.24. The Morgan fingerprint density at radius 2 is 1.17 bits per heavy atom. The largest absolute Gasteiger partial charge is 0.480 e. The van der Waals surface area contributed by atoms with Crippen molar-refractivity contribution in [3.05, 3.63) is 72.1 Å². The Hall–Kier alpha value is -3.94. The summed E-state index contributed by atoms with van der Waals surface area (Å²) >= 11 is 8.19. The molecular formula is C28H32N6O5S2. The predicted octanol–water partition coefficient (Wildman–Crippen LogP) is 1.16. The van der Waals surface area contributed by atoms with Crippen LogP contribution in [0.15, 0.2) is 60.9 Å². The molecule has 4 aromatic rings. The monoisotopic (exact) mass is 596 g/mol. The van der Waals surface area contributed by atoms with E-state index in [-0.39, 0.29) is 24.3 Å². The van der Waals surface area contributed by atoms with Crippen molar-refractivity contribution in [2.75, 3.05) is 11.5 Å². The van der Waals surface area contributed by atoms with E-state index in [2.05, 4.69) is 51.2 Å². The highest BCUT2D eigenvalue weighted by Gasteiger charge is 2.31. The van der Waals surface area contributed by atoms with Crippen LogP contribution in [0.1, 0.15) is 11.1 Å². The Morgan fingerprint density at radius 3 is 1.68 bits per heavy atom. The van der Waals surface area contributed by atoms with Gasteiger partial charge in [0.2, 0.25) is 17.7 Å². The average molecular weight is 597 g/mol. The third-order valence-electron chi connectivity index (χ3n) is 6.79. The third kappa shape index (κ3) is 7.23. The van der Waals surface area contributed by atoms with E-state index in [1.54, 1.807) is 12.4 Å². The lowest BCUT2D eigenvalue weighted by atomic mass is 10.0. The second kappa shape index (κ2) is 13.6. The van der Waals surface area contributed by atoms with Crippen LogP contribution in [-0.2, 0) is 32.0 Å². The minimum atomic E-state index is -1.27. The number of aromatic amines is 2. The number of hydrogen-bond donors (Lipinski definition) is 9. The number of nitrogens with two attached hydrogens (primary N) is 1. The average Bonchev–Trinajstić information content (AvgIpc) is 3.58. The lowest BCUT2D eigenvalue weighted by Crippen LogP contribution is -2.58. The molecule has 2 aromatic carbocycles. The Balaban J connectivity index is 1.57. The molecule has 0 aliphatic heterocycles. The minimum absolute atomic E-state index is 0.0236. The van der Waals surface area contributed by atoms with Gasteiger partial charge in [-0.2, -0.15) is 25.3 Å². The van der Waals surface area contributed by atoms with E-state index < -0.39 is 47.9 Å². The summed E-state index contributed by atoms with van der Waals surface area (Å²) in [6.07, 6.45) is 3.54. The van der Waals surface area contributed by atoms with Gasteiger partial charge >= 0.3 is 5.97 Å². The van der Waals surface area contributed by atoms with Crippen LogP contribution >= 0.6 is 25.3 Å². The second-order valence-corrected chi connectivity index (χ2v) is 10.4. The first-order valence-electron chi connectivity index (χ1n) is 12.9. The first-order chi connectivity index (χ1) is 19.7. The molecule has 11 nitrogen and oxygen atoms in total. The van der Waals surface area contributed by atoms with Crippen LogP contribution in [0.4, 0.5) is 0 Å². The van der Waals surface area contributed by atoms with Gasteiger partial charge in [0, 0.05) is 58.5 Å². The molecule has 4 atom stereocenters. The molecule has 41 heavy (non-hydrogen) atoms. The van der Waals surface area contributed by atoms with Crippen molar-refractivity contribution in [2.45, 2.75) is 37.0 Å². The number of carbonyl (C=O) groups excluding carboxylic acids is 3. The molecule has 0 aliphatic carbocycles. The number of carbonyl (C=O) groups is 4. The molecule has 2 heterocycles. The lowest BCUT2D eigenvalue weighted by molar-refractivity contribution is -0.142. The van der Waals surface area contributed by atoms with Gasteiger partial charge < -0.3 is 36.8 Å². The van der Waals surface area contributed by atoms with Gasteiger partial charge in [0.1, 0.15) is 18.1 Å². The molecule has 0 bridgehead atoms. The summed E-state index contributed by atoms with van der Waals surface area (Å²) in [6.45, 7) is 0. The van der Waals surface area contributed by atoms with Gasteiger partial charge in [-0.1, -0.05) is 36.4 Å². The number of rotatable bonds is 13. The molecule has 3 amide bonds. The Kier molecular flexibility index (Phi) is 9.97. The van der Waals surface area contributed by atoms with Crippen molar-refractivity contribution in [1.29, 1.82) is 0 Å². The fraction of sp³-hybridized carbons (Fsp3) is 0.286. The van der Waals surface area contributed by atoms with E-state index in [9.17, 15) is 24.3 Å². The van der Waals surface area contributed by atoms with Gasteiger partial charge in [-0.3, -0.25) is 14.4 Å². The smallest absolute Gasteiger partial charge is 0.326 e. The predicted molar refractivity (Wildman–Crippen MR) is 163 cm³/mol. The first kappa shape index (κ1) is 30.0. The van der Waals surface area contributed by atoms with Gasteiger partial charge in [0.25, 0.3) is 0 Å². The highest BCUT2D eigenvalue weighted by molar-refractivity contribution is 7.80. The fourth-order valence-electron chi connectivity index (χ4n) is 4.55. The SMILES string of the molecule is NC(CS)C(=O)NC(CS)C(=O)NC(Cc1c[nH]c2ccccc12)C(=O)NC(Cc1c[nH]c2ccccc12)C(=O)O. The molecule has 0 fully saturated rings. The normalized spacial score (nSPS) is 14.2. The number of aliphatic carboxylic acids is 1. The van der Waals surface area contributed by atoms with Crippen LogP contribution in [0, 0.1) is 0 Å². The molecule has 0 spiro atoms. The maximum absolute atomic E-state index is 13.6. The van der Waals surface area contributed by atoms with Crippen molar-refractivity contribution in [3.8, 4) is 0 Å². The van der Waals surface area contributed by atoms with Gasteiger partial charge in [-0.15, -0.1) is 0 Å². The molecule has 0 saturated carbocycles. The highest BCUT2D eigenvalue weighted by atomic mass is 32.1. The zero-order valence-corrected chi connectivity index (χ0v) is 23.8. The van der Waals surface area contributed by atoms with Gasteiger partial charge in [-0.05, 0) is 23.3 Å². The molecule has 8 N–H and O–H groups in total. The van der Waals surface area contributed by atoms with Crippen molar-refractivity contribution in [1.82, 2.24) is 25.9 Å². The summed E-state index contributed by atoms with van der Waals surface area (Å²) in [5, 5.41) is 19.5. The number of aromatic nitrogens is 2. The summed E-state index contributed by atoms with van der Waals surface area (Å²) in [6, 6.07) is 10.5. The van der Waals surface area contributed by atoms with Gasteiger partial charge in [-0.25, -0.2) is 4.79 Å². The number of H-pyrrole nitrogens is 2. The molecule has 216 valence electrons. The maximum atomic E-state index is 13.6. The van der Waals surface area contributed by atoms with Crippen LogP contribution in [-0.4, -0.2) is 74.4 Å². The Morgan fingerprint density at radius 1 is 0.707 bits per heavy atom. The third-order valence-corrected chi connectivity index (χ3v) is 7.55. The number of para-hydroxylation sites is 2. The first-order valence-corrected chi connectivity index (χ1v) is 14.2. The van der Waals surface area contributed by atoms with Crippen molar-refractivity contribution < 1.29 is 24.3 Å². The molecule has 13 heteroatoms. The summed E-state index contributed by atoms with van der Waals surface area (Å²) < 4.78 is 0. The minimum Gasteiger partial charge on any atom is -0.480 e. The van der Waals surface area contributed by atoms with E-state index >= 15 is 0 Å². The van der Waals surface area contributed by atoms with Crippen LogP contribution < -0.4 is 21.7 Å². The maximum Gasteiger partial charge on any atom is 0.326 e. The topological polar surface area (TPSA) is 182 Å². The number of amides is 3. The van der Waals surface area contributed by atoms with E-state index in [1.807, 2.05) is 48.5 Å². The van der Waals surface area contributed by atoms with Crippen LogP contribution in [0.3, 0.4) is 0 Å². The quantitative estimate of drug-likeness (QED) is 0.104. The van der Waals surface area contributed by atoms with E-state index in [1.165, 1.54) is 0 Å². The fourth-order valence-corrected chi connectivity index (χ4v) is 4.97. The zero-order chi connectivity index (χ0) is 29.5.